The SMILES string of the molecule is N#Cc1cc(C(F)(F)F)ncc1-c1cc(C(=O)CNc2ccccc2OCC(O)C(=O)O)ccc1Cl. The van der Waals surface area contributed by atoms with Crippen LogP contribution in [0.15, 0.2) is 54.7 Å². The molecule has 1 unspecified atom stereocenters. The van der Waals surface area contributed by atoms with Crippen molar-refractivity contribution < 1.29 is 37.7 Å². The van der Waals surface area contributed by atoms with E-state index in [-0.39, 0.29) is 39.6 Å². The minimum atomic E-state index is -4.73. The summed E-state index contributed by atoms with van der Waals surface area (Å²) in [4.78, 5) is 27.0. The van der Waals surface area contributed by atoms with Crippen LogP contribution in [0.1, 0.15) is 21.6 Å². The zero-order chi connectivity index (χ0) is 26.5. The summed E-state index contributed by atoms with van der Waals surface area (Å²) in [5.41, 5.74) is -0.828. The van der Waals surface area contributed by atoms with Gasteiger partial charge in [0.25, 0.3) is 0 Å². The maximum Gasteiger partial charge on any atom is 0.433 e. The Balaban J connectivity index is 1.81. The van der Waals surface area contributed by atoms with Gasteiger partial charge >= 0.3 is 12.1 Å². The maximum absolute atomic E-state index is 13.0. The number of aliphatic hydroxyl groups is 1. The lowest BCUT2D eigenvalue weighted by Crippen LogP contribution is -2.27. The predicted molar refractivity (Wildman–Crippen MR) is 123 cm³/mol. The van der Waals surface area contributed by atoms with E-state index in [1.165, 1.54) is 24.3 Å². The molecule has 0 spiro atoms. The highest BCUT2D eigenvalue weighted by molar-refractivity contribution is 6.33. The third kappa shape index (κ3) is 6.29. The van der Waals surface area contributed by atoms with Gasteiger partial charge in [-0.2, -0.15) is 18.4 Å². The maximum atomic E-state index is 13.0. The van der Waals surface area contributed by atoms with E-state index in [4.69, 9.17) is 21.4 Å². The number of Topliss-reactive ketones (excluding diaryl/α,β-unsaturated/α-hetero) is 1. The molecule has 3 rings (SSSR count). The summed E-state index contributed by atoms with van der Waals surface area (Å²) in [6.07, 6.45) is -5.58. The number of pyridine rings is 1. The summed E-state index contributed by atoms with van der Waals surface area (Å²) in [5.74, 6) is -1.67. The average Bonchev–Trinajstić information content (AvgIpc) is 2.85. The Morgan fingerprint density at radius 2 is 1.89 bits per heavy atom. The molecule has 3 aromatic rings. The third-order valence-corrected chi connectivity index (χ3v) is 5.23. The first-order valence-corrected chi connectivity index (χ1v) is 10.6. The van der Waals surface area contributed by atoms with Crippen LogP contribution in [0.4, 0.5) is 18.9 Å². The van der Waals surface area contributed by atoms with Gasteiger partial charge in [-0.25, -0.2) is 4.79 Å². The van der Waals surface area contributed by atoms with Gasteiger partial charge in [-0.15, -0.1) is 0 Å². The number of carboxylic acids is 1. The molecule has 3 N–H and O–H groups in total. The number of anilines is 1. The molecular weight excluding hydrogens is 503 g/mol. The zero-order valence-corrected chi connectivity index (χ0v) is 19.0. The molecule has 0 saturated heterocycles. The molecule has 0 fully saturated rings. The first kappa shape index (κ1) is 26.5. The van der Waals surface area contributed by atoms with Crippen LogP contribution in [-0.4, -0.2) is 46.2 Å². The molecule has 1 aromatic heterocycles. The van der Waals surface area contributed by atoms with Crippen molar-refractivity contribution in [3.05, 3.63) is 76.6 Å². The van der Waals surface area contributed by atoms with Gasteiger partial charge in [0, 0.05) is 27.9 Å². The van der Waals surface area contributed by atoms with Gasteiger partial charge in [0.05, 0.1) is 23.9 Å². The minimum absolute atomic E-state index is 0.0360. The molecule has 2 aromatic carbocycles. The van der Waals surface area contributed by atoms with Crippen LogP contribution in [0.2, 0.25) is 5.02 Å². The second-order valence-electron chi connectivity index (χ2n) is 7.36. The van der Waals surface area contributed by atoms with Crippen LogP contribution in [0, 0.1) is 11.3 Å². The lowest BCUT2D eigenvalue weighted by atomic mass is 9.98. The van der Waals surface area contributed by atoms with Crippen molar-refractivity contribution in [1.82, 2.24) is 4.98 Å². The summed E-state index contributed by atoms with van der Waals surface area (Å²) in [6.45, 7) is -0.746. The van der Waals surface area contributed by atoms with E-state index < -0.39 is 36.3 Å². The molecule has 1 atom stereocenters. The molecule has 36 heavy (non-hydrogen) atoms. The standard InChI is InChI=1S/C24H17ClF3N3O5/c25-17-6-5-13(7-15(17)16-10-31-22(24(26,27)28)8-14(16)9-29)19(32)11-30-18-3-1-2-4-21(18)36-12-20(33)23(34)35/h1-8,10,20,30,33H,11-12H2,(H,34,35). The van der Waals surface area contributed by atoms with Crippen LogP contribution in [0.25, 0.3) is 11.1 Å². The molecule has 1 heterocycles. The number of nitrogens with zero attached hydrogens (tertiary/aromatic N) is 2. The number of nitriles is 1. The number of rotatable bonds is 9. The normalized spacial score (nSPS) is 11.9. The first-order chi connectivity index (χ1) is 17.0. The summed E-state index contributed by atoms with van der Waals surface area (Å²) >= 11 is 6.21. The van der Waals surface area contributed by atoms with Crippen LogP contribution < -0.4 is 10.1 Å². The minimum Gasteiger partial charge on any atom is -0.488 e. The quantitative estimate of drug-likeness (QED) is 0.354. The van der Waals surface area contributed by atoms with Gasteiger partial charge in [0.1, 0.15) is 18.1 Å². The number of halogens is 4. The van der Waals surface area contributed by atoms with Crippen LogP contribution >= 0.6 is 11.6 Å². The van der Waals surface area contributed by atoms with Crippen LogP contribution in [0.3, 0.4) is 0 Å². The largest absolute Gasteiger partial charge is 0.488 e. The molecule has 0 aliphatic rings. The number of para-hydroxylation sites is 2. The molecule has 0 amide bonds. The summed E-state index contributed by atoms with van der Waals surface area (Å²) in [5, 5.41) is 30.5. The summed E-state index contributed by atoms with van der Waals surface area (Å²) in [6, 6.07) is 12.8. The lowest BCUT2D eigenvalue weighted by Gasteiger charge is -2.14. The number of alkyl halides is 3. The van der Waals surface area contributed by atoms with E-state index in [1.54, 1.807) is 24.3 Å². The van der Waals surface area contributed by atoms with Gasteiger partial charge in [-0.1, -0.05) is 23.7 Å². The number of carbonyl (C=O) groups is 2. The Labute approximate surface area is 207 Å². The average molecular weight is 520 g/mol. The highest BCUT2D eigenvalue weighted by atomic mass is 35.5. The Kier molecular flexibility index (Phi) is 8.14. The molecule has 0 radical (unpaired) electrons. The number of nitrogens with one attached hydrogen (secondary N) is 1. The number of aliphatic hydroxyl groups excluding tert-OH is 1. The van der Waals surface area contributed by atoms with Crippen LogP contribution in [0.5, 0.6) is 5.75 Å². The van der Waals surface area contributed by atoms with Crippen molar-refractivity contribution in [1.29, 1.82) is 5.26 Å². The lowest BCUT2D eigenvalue weighted by molar-refractivity contribution is -0.148. The van der Waals surface area contributed by atoms with Crippen molar-refractivity contribution >= 4 is 29.0 Å². The second-order valence-corrected chi connectivity index (χ2v) is 7.76. The van der Waals surface area contributed by atoms with Gasteiger partial charge in [0.2, 0.25) is 0 Å². The zero-order valence-electron chi connectivity index (χ0n) is 18.2. The van der Waals surface area contributed by atoms with E-state index in [0.29, 0.717) is 11.8 Å². The highest BCUT2D eigenvalue weighted by Gasteiger charge is 2.33. The van der Waals surface area contributed by atoms with Crippen molar-refractivity contribution in [3.8, 4) is 22.9 Å². The summed E-state index contributed by atoms with van der Waals surface area (Å²) < 4.78 is 44.2. The Hall–Kier alpha value is -4.14. The fourth-order valence-electron chi connectivity index (χ4n) is 3.08. The number of benzene rings is 2. The second kappa shape index (κ2) is 11.1. The number of carboxylic acid groups (broad SMARTS) is 1. The van der Waals surface area contributed by atoms with E-state index in [2.05, 4.69) is 10.3 Å². The van der Waals surface area contributed by atoms with Gasteiger partial charge in [-0.3, -0.25) is 9.78 Å². The fraction of sp³-hybridized carbons (Fsp3) is 0.167. The molecule has 12 heteroatoms. The molecule has 0 bridgehead atoms. The van der Waals surface area contributed by atoms with Gasteiger partial charge in [-0.05, 0) is 36.4 Å². The van der Waals surface area contributed by atoms with Gasteiger partial charge in [0.15, 0.2) is 11.9 Å². The fourth-order valence-corrected chi connectivity index (χ4v) is 3.30. The van der Waals surface area contributed by atoms with Crippen molar-refractivity contribution in [2.75, 3.05) is 18.5 Å². The Morgan fingerprint density at radius 1 is 1.17 bits per heavy atom. The summed E-state index contributed by atoms with van der Waals surface area (Å²) in [7, 11) is 0. The monoisotopic (exact) mass is 519 g/mol. The van der Waals surface area contributed by atoms with Crippen molar-refractivity contribution in [3.63, 3.8) is 0 Å². The Morgan fingerprint density at radius 3 is 2.56 bits per heavy atom. The number of carbonyl (C=O) groups excluding carboxylic acids is 1. The van der Waals surface area contributed by atoms with E-state index in [9.17, 15) is 33.1 Å². The highest BCUT2D eigenvalue weighted by Crippen LogP contribution is 2.34. The number of hydrogen-bond acceptors (Lipinski definition) is 7. The Bertz CT molecular complexity index is 1340. The van der Waals surface area contributed by atoms with Crippen molar-refractivity contribution in [2.45, 2.75) is 12.3 Å². The molecule has 0 saturated carbocycles. The third-order valence-electron chi connectivity index (χ3n) is 4.90. The van der Waals surface area contributed by atoms with E-state index >= 15 is 0 Å². The number of ketones is 1. The molecule has 0 aliphatic carbocycles. The molecule has 8 nitrogen and oxygen atoms in total. The number of ether oxygens (including phenoxy) is 1. The number of hydrogen-bond donors (Lipinski definition) is 3. The number of aliphatic carboxylic acids is 1. The smallest absolute Gasteiger partial charge is 0.433 e. The van der Waals surface area contributed by atoms with Crippen LogP contribution in [-0.2, 0) is 11.0 Å². The first-order valence-electron chi connectivity index (χ1n) is 10.2. The number of aromatic nitrogens is 1. The topological polar surface area (TPSA) is 133 Å². The molecular formula is C24H17ClF3N3O5. The van der Waals surface area contributed by atoms with Gasteiger partial charge < -0.3 is 20.3 Å². The van der Waals surface area contributed by atoms with E-state index in [0.717, 1.165) is 6.20 Å². The predicted octanol–water partition coefficient (Wildman–Crippen LogP) is 4.41. The molecule has 186 valence electrons. The van der Waals surface area contributed by atoms with Crippen molar-refractivity contribution in [2.24, 2.45) is 0 Å². The van der Waals surface area contributed by atoms with E-state index in [1.807, 2.05) is 0 Å². The molecule has 0 aliphatic heterocycles.